The van der Waals surface area contributed by atoms with Crippen LogP contribution < -0.4 is 11.1 Å². The second kappa shape index (κ2) is 4.30. The number of rotatable bonds is 4. The third-order valence-corrected chi connectivity index (χ3v) is 3.80. The van der Waals surface area contributed by atoms with Gasteiger partial charge in [0, 0.05) is 12.5 Å². The van der Waals surface area contributed by atoms with Crippen LogP contribution in [0, 0.1) is 11.8 Å². The average molecular weight is 196 g/mol. The highest BCUT2D eigenvalue weighted by atomic mass is 16.1. The maximum atomic E-state index is 11.1. The fourth-order valence-corrected chi connectivity index (χ4v) is 2.78. The number of nitrogens with one attached hydrogen (secondary N) is 1. The van der Waals surface area contributed by atoms with Crippen molar-refractivity contribution in [2.75, 3.05) is 6.54 Å². The number of amides is 1. The molecule has 0 aromatic rings. The van der Waals surface area contributed by atoms with Crippen molar-refractivity contribution < 1.29 is 4.79 Å². The van der Waals surface area contributed by atoms with Crippen LogP contribution in [0.4, 0.5) is 0 Å². The van der Waals surface area contributed by atoms with E-state index in [1.165, 1.54) is 19.3 Å². The summed E-state index contributed by atoms with van der Waals surface area (Å²) in [4.78, 5) is 11.1. The van der Waals surface area contributed by atoms with Gasteiger partial charge < -0.3 is 11.1 Å². The first kappa shape index (κ1) is 9.97. The van der Waals surface area contributed by atoms with Gasteiger partial charge in [-0.3, -0.25) is 4.79 Å². The van der Waals surface area contributed by atoms with Crippen LogP contribution in [0.25, 0.3) is 0 Å². The molecule has 1 heterocycles. The fourth-order valence-electron chi connectivity index (χ4n) is 2.78. The summed E-state index contributed by atoms with van der Waals surface area (Å²) in [6.45, 7) is 0.757. The zero-order valence-corrected chi connectivity index (χ0v) is 8.67. The van der Waals surface area contributed by atoms with E-state index in [0.29, 0.717) is 12.0 Å². The highest BCUT2D eigenvalue weighted by molar-refractivity contribution is 5.78. The molecule has 1 saturated carbocycles. The molecule has 2 atom stereocenters. The van der Waals surface area contributed by atoms with Crippen molar-refractivity contribution in [3.05, 3.63) is 0 Å². The summed E-state index contributed by atoms with van der Waals surface area (Å²) in [6.07, 6.45) is 6.88. The lowest BCUT2D eigenvalue weighted by molar-refractivity contribution is -0.119. The third kappa shape index (κ3) is 1.92. The average Bonchev–Trinajstić information content (AvgIpc) is 2.48. The predicted octanol–water partition coefficient (Wildman–Crippen LogP) is 1.03. The van der Waals surface area contributed by atoms with Gasteiger partial charge >= 0.3 is 0 Å². The zero-order chi connectivity index (χ0) is 9.97. The van der Waals surface area contributed by atoms with Gasteiger partial charge in [0.25, 0.3) is 0 Å². The van der Waals surface area contributed by atoms with Gasteiger partial charge in [0.15, 0.2) is 0 Å². The Hall–Kier alpha value is -0.570. The lowest BCUT2D eigenvalue weighted by atomic mass is 9.71. The van der Waals surface area contributed by atoms with E-state index in [1.807, 2.05) is 0 Å². The van der Waals surface area contributed by atoms with Crippen molar-refractivity contribution in [1.82, 2.24) is 5.32 Å². The molecule has 0 spiro atoms. The molecule has 2 aliphatic rings. The molecule has 2 unspecified atom stereocenters. The van der Waals surface area contributed by atoms with E-state index in [0.717, 1.165) is 31.7 Å². The largest absolute Gasteiger partial charge is 0.353 e. The van der Waals surface area contributed by atoms with Gasteiger partial charge in [-0.05, 0) is 31.2 Å². The van der Waals surface area contributed by atoms with Crippen LogP contribution in [0.1, 0.15) is 38.5 Å². The highest BCUT2D eigenvalue weighted by Gasteiger charge is 2.35. The van der Waals surface area contributed by atoms with E-state index >= 15 is 0 Å². The van der Waals surface area contributed by atoms with Gasteiger partial charge in [0.1, 0.15) is 0 Å². The second-order valence-electron chi connectivity index (χ2n) is 4.64. The van der Waals surface area contributed by atoms with Crippen molar-refractivity contribution >= 4 is 5.91 Å². The summed E-state index contributed by atoms with van der Waals surface area (Å²) in [6, 6.07) is 0.427. The molecule has 1 saturated heterocycles. The first-order valence-electron chi connectivity index (χ1n) is 5.80. The Kier molecular flexibility index (Phi) is 3.06. The van der Waals surface area contributed by atoms with Crippen molar-refractivity contribution in [3.63, 3.8) is 0 Å². The Labute approximate surface area is 85.4 Å². The molecule has 2 fully saturated rings. The topological polar surface area (TPSA) is 55.1 Å². The molecule has 14 heavy (non-hydrogen) atoms. The number of carbonyl (C=O) groups excluding carboxylic acids is 1. The van der Waals surface area contributed by atoms with Crippen LogP contribution in [0.3, 0.4) is 0 Å². The highest BCUT2D eigenvalue weighted by Crippen LogP contribution is 2.38. The van der Waals surface area contributed by atoms with Crippen LogP contribution in [-0.2, 0) is 4.79 Å². The molecule has 2 rings (SSSR count). The van der Waals surface area contributed by atoms with Gasteiger partial charge in [-0.1, -0.05) is 19.3 Å². The van der Waals surface area contributed by atoms with E-state index in [4.69, 9.17) is 5.73 Å². The first-order valence-corrected chi connectivity index (χ1v) is 5.80. The van der Waals surface area contributed by atoms with Gasteiger partial charge in [0.2, 0.25) is 5.91 Å². The number of carbonyl (C=O) groups is 1. The minimum absolute atomic E-state index is 0.233. The smallest absolute Gasteiger partial charge is 0.220 e. The molecule has 3 nitrogen and oxygen atoms in total. The molecule has 1 aliphatic heterocycles. The minimum Gasteiger partial charge on any atom is -0.353 e. The van der Waals surface area contributed by atoms with Crippen molar-refractivity contribution in [3.8, 4) is 0 Å². The van der Waals surface area contributed by atoms with E-state index in [1.54, 1.807) is 0 Å². The molecule has 80 valence electrons. The molecule has 0 aromatic carbocycles. The lowest BCUT2D eigenvalue weighted by Gasteiger charge is -2.37. The van der Waals surface area contributed by atoms with Crippen LogP contribution in [0.2, 0.25) is 0 Å². The maximum Gasteiger partial charge on any atom is 0.220 e. The summed E-state index contributed by atoms with van der Waals surface area (Å²) < 4.78 is 0. The van der Waals surface area contributed by atoms with Crippen LogP contribution in [0.5, 0.6) is 0 Å². The third-order valence-electron chi connectivity index (χ3n) is 3.80. The second-order valence-corrected chi connectivity index (χ2v) is 4.64. The fraction of sp³-hybridized carbons (Fsp3) is 0.909. The van der Waals surface area contributed by atoms with E-state index < -0.39 is 0 Å². The van der Waals surface area contributed by atoms with Crippen molar-refractivity contribution in [2.24, 2.45) is 17.6 Å². The predicted molar refractivity (Wildman–Crippen MR) is 55.7 cm³/mol. The zero-order valence-electron chi connectivity index (χ0n) is 8.67. The van der Waals surface area contributed by atoms with E-state index in [2.05, 4.69) is 5.32 Å². The van der Waals surface area contributed by atoms with Gasteiger partial charge in [0.05, 0.1) is 0 Å². The monoisotopic (exact) mass is 196 g/mol. The molecule has 1 aliphatic carbocycles. The first-order chi connectivity index (χ1) is 6.81. The molecular weight excluding hydrogens is 176 g/mol. The molecule has 1 amide bonds. The van der Waals surface area contributed by atoms with Gasteiger partial charge in [-0.2, -0.15) is 0 Å². The Morgan fingerprint density at radius 3 is 2.64 bits per heavy atom. The summed E-state index contributed by atoms with van der Waals surface area (Å²) in [7, 11) is 0. The summed E-state index contributed by atoms with van der Waals surface area (Å²) in [5.41, 5.74) is 5.64. The number of hydrogen-bond acceptors (Lipinski definition) is 2. The summed E-state index contributed by atoms with van der Waals surface area (Å²) in [5.74, 6) is 1.72. The van der Waals surface area contributed by atoms with Crippen molar-refractivity contribution in [1.29, 1.82) is 0 Å². The van der Waals surface area contributed by atoms with Gasteiger partial charge in [-0.25, -0.2) is 0 Å². The Bertz CT molecular complexity index is 213. The standard InChI is InChI=1S/C11H20N2O/c12-7-6-9(8-2-1-3-8)10-4-5-11(14)13-10/h8-10H,1-7,12H2,(H,13,14). The molecule has 0 aromatic heterocycles. The molecule has 3 heteroatoms. The quantitative estimate of drug-likeness (QED) is 0.705. The van der Waals surface area contributed by atoms with Crippen molar-refractivity contribution in [2.45, 2.75) is 44.6 Å². The number of hydrogen-bond donors (Lipinski definition) is 2. The van der Waals surface area contributed by atoms with E-state index in [9.17, 15) is 4.79 Å². The van der Waals surface area contributed by atoms with Crippen LogP contribution >= 0.6 is 0 Å². The van der Waals surface area contributed by atoms with E-state index in [-0.39, 0.29) is 5.91 Å². The Morgan fingerprint density at radius 2 is 2.21 bits per heavy atom. The maximum absolute atomic E-state index is 11.1. The summed E-state index contributed by atoms with van der Waals surface area (Å²) >= 11 is 0. The minimum atomic E-state index is 0.233. The SMILES string of the molecule is NCCC(C1CCC1)C1CCC(=O)N1. The molecular formula is C11H20N2O. The molecule has 0 radical (unpaired) electrons. The normalized spacial score (nSPS) is 29.8. The van der Waals surface area contributed by atoms with Gasteiger partial charge in [-0.15, -0.1) is 0 Å². The van der Waals surface area contributed by atoms with Crippen LogP contribution in [0.15, 0.2) is 0 Å². The molecule has 3 N–H and O–H groups in total. The Morgan fingerprint density at radius 1 is 1.43 bits per heavy atom. The number of nitrogens with two attached hydrogens (primary N) is 1. The van der Waals surface area contributed by atoms with Crippen LogP contribution in [-0.4, -0.2) is 18.5 Å². The Balaban J connectivity index is 1.91. The molecule has 0 bridgehead atoms. The lowest BCUT2D eigenvalue weighted by Crippen LogP contribution is -2.40. The summed E-state index contributed by atoms with van der Waals surface area (Å²) in [5, 5.41) is 3.09.